The molecule has 0 radical (unpaired) electrons. The highest BCUT2D eigenvalue weighted by Crippen LogP contribution is 2.12. The summed E-state index contributed by atoms with van der Waals surface area (Å²) in [6.07, 6.45) is 2.80. The molecule has 0 unspecified atom stereocenters. The summed E-state index contributed by atoms with van der Waals surface area (Å²) in [4.78, 5) is 0. The van der Waals surface area contributed by atoms with Gasteiger partial charge in [-0.05, 0) is 42.2 Å². The van der Waals surface area contributed by atoms with Crippen LogP contribution in [0.25, 0.3) is 0 Å². The largest absolute Gasteiger partial charge is 0.369 e. The van der Waals surface area contributed by atoms with Crippen LogP contribution in [0.3, 0.4) is 0 Å². The topological polar surface area (TPSA) is 44.5 Å². The van der Waals surface area contributed by atoms with Gasteiger partial charge in [-0.2, -0.15) is 0 Å². The zero-order valence-corrected chi connectivity index (χ0v) is 15.7. The van der Waals surface area contributed by atoms with Crippen LogP contribution < -0.4 is 5.73 Å². The SMILES string of the molecule is N[C@H](CCOCC#CC#CCOCCCc1ccccc1)c1ccccc1. The lowest BCUT2D eigenvalue weighted by molar-refractivity contribution is 0.158. The predicted octanol–water partition coefficient (Wildman–Crippen LogP) is 3.75. The van der Waals surface area contributed by atoms with Crippen molar-refractivity contribution in [1.82, 2.24) is 0 Å². The molecule has 2 rings (SSSR count). The van der Waals surface area contributed by atoms with Gasteiger partial charge >= 0.3 is 0 Å². The molecule has 0 bridgehead atoms. The lowest BCUT2D eigenvalue weighted by atomic mass is 10.1. The van der Waals surface area contributed by atoms with Gasteiger partial charge in [-0.3, -0.25) is 0 Å². The van der Waals surface area contributed by atoms with Crippen molar-refractivity contribution < 1.29 is 9.47 Å². The van der Waals surface area contributed by atoms with E-state index in [1.165, 1.54) is 5.56 Å². The van der Waals surface area contributed by atoms with Crippen molar-refractivity contribution in [3.05, 3.63) is 71.8 Å². The second-order valence-electron chi connectivity index (χ2n) is 6.10. The number of aryl methyl sites for hydroxylation is 1. The van der Waals surface area contributed by atoms with Crippen LogP contribution in [0.1, 0.15) is 30.0 Å². The maximum Gasteiger partial charge on any atom is 0.108 e. The monoisotopic (exact) mass is 361 g/mol. The van der Waals surface area contributed by atoms with Crippen molar-refractivity contribution in [1.29, 1.82) is 0 Å². The third kappa shape index (κ3) is 9.64. The molecule has 0 fully saturated rings. The fraction of sp³-hybridized carbons (Fsp3) is 0.333. The normalized spacial score (nSPS) is 11.0. The van der Waals surface area contributed by atoms with Gasteiger partial charge < -0.3 is 15.2 Å². The smallest absolute Gasteiger partial charge is 0.108 e. The van der Waals surface area contributed by atoms with Crippen LogP contribution in [0.5, 0.6) is 0 Å². The van der Waals surface area contributed by atoms with E-state index in [9.17, 15) is 0 Å². The van der Waals surface area contributed by atoms with Crippen molar-refractivity contribution in [2.75, 3.05) is 26.4 Å². The van der Waals surface area contributed by atoms with Crippen LogP contribution in [0.4, 0.5) is 0 Å². The van der Waals surface area contributed by atoms with Gasteiger partial charge in [0.25, 0.3) is 0 Å². The van der Waals surface area contributed by atoms with Crippen LogP contribution in [0.2, 0.25) is 0 Å². The van der Waals surface area contributed by atoms with Crippen LogP contribution in [-0.4, -0.2) is 26.4 Å². The zero-order valence-electron chi connectivity index (χ0n) is 15.7. The van der Waals surface area contributed by atoms with E-state index in [4.69, 9.17) is 15.2 Å². The highest BCUT2D eigenvalue weighted by molar-refractivity contribution is 5.26. The molecule has 0 aliphatic carbocycles. The van der Waals surface area contributed by atoms with Crippen LogP contribution >= 0.6 is 0 Å². The van der Waals surface area contributed by atoms with E-state index in [2.05, 4.69) is 47.9 Å². The Morgan fingerprint density at radius 1 is 0.778 bits per heavy atom. The van der Waals surface area contributed by atoms with Gasteiger partial charge in [0.2, 0.25) is 0 Å². The van der Waals surface area contributed by atoms with Gasteiger partial charge in [-0.1, -0.05) is 72.5 Å². The number of benzene rings is 2. The molecule has 27 heavy (non-hydrogen) atoms. The minimum Gasteiger partial charge on any atom is -0.369 e. The van der Waals surface area contributed by atoms with Crippen molar-refractivity contribution >= 4 is 0 Å². The lowest BCUT2D eigenvalue weighted by Crippen LogP contribution is -2.13. The lowest BCUT2D eigenvalue weighted by Gasteiger charge is -2.11. The standard InChI is InChI=1S/C24H27NO2/c25-24(23-15-7-4-8-16-23)17-21-27-19-10-2-1-9-18-26-20-11-14-22-12-5-3-6-13-22/h3-8,12-13,15-16,24H,11,14,17-21,25H2/t24-/m1/s1. The summed E-state index contributed by atoms with van der Waals surface area (Å²) >= 11 is 0. The second kappa shape index (κ2) is 13.6. The van der Waals surface area contributed by atoms with E-state index in [-0.39, 0.29) is 6.04 Å². The van der Waals surface area contributed by atoms with Gasteiger partial charge in [0.1, 0.15) is 13.2 Å². The summed E-state index contributed by atoms with van der Waals surface area (Å²) in [6, 6.07) is 20.4. The number of hydrogen-bond donors (Lipinski definition) is 1. The fourth-order valence-corrected chi connectivity index (χ4v) is 2.51. The molecule has 0 amide bonds. The number of nitrogens with two attached hydrogens (primary N) is 1. The molecule has 1 atom stereocenters. The molecule has 2 aromatic carbocycles. The minimum absolute atomic E-state index is 0.00186. The number of hydrogen-bond acceptors (Lipinski definition) is 3. The quantitative estimate of drug-likeness (QED) is 0.518. The molecule has 0 aromatic heterocycles. The Morgan fingerprint density at radius 3 is 2.04 bits per heavy atom. The first kappa shape index (κ1) is 20.7. The highest BCUT2D eigenvalue weighted by atomic mass is 16.5. The average Bonchev–Trinajstić information content (AvgIpc) is 2.72. The van der Waals surface area contributed by atoms with E-state index in [1.807, 2.05) is 36.4 Å². The summed E-state index contributed by atoms with van der Waals surface area (Å²) in [7, 11) is 0. The summed E-state index contributed by atoms with van der Waals surface area (Å²) in [5.74, 6) is 11.3. The Kier molecular flexibility index (Phi) is 10.5. The van der Waals surface area contributed by atoms with Crippen LogP contribution in [0, 0.1) is 23.7 Å². The Labute approximate surface area is 162 Å². The van der Waals surface area contributed by atoms with Crippen molar-refractivity contribution in [2.45, 2.75) is 25.3 Å². The molecule has 140 valence electrons. The Balaban J connectivity index is 1.45. The first-order chi connectivity index (χ1) is 13.4. The first-order valence-electron chi connectivity index (χ1n) is 9.32. The average molecular weight is 361 g/mol. The van der Waals surface area contributed by atoms with Gasteiger partial charge in [0.15, 0.2) is 0 Å². The molecule has 2 aromatic rings. The van der Waals surface area contributed by atoms with Gasteiger partial charge in [-0.15, -0.1) is 0 Å². The Morgan fingerprint density at radius 2 is 1.37 bits per heavy atom. The predicted molar refractivity (Wildman–Crippen MR) is 110 cm³/mol. The third-order valence-electron chi connectivity index (χ3n) is 3.99. The molecule has 0 aliphatic heterocycles. The Bertz CT molecular complexity index is 751. The molecular formula is C24H27NO2. The minimum atomic E-state index is -0.00186. The summed E-state index contributed by atoms with van der Waals surface area (Å²) in [5, 5.41) is 0. The summed E-state index contributed by atoms with van der Waals surface area (Å²) in [6.45, 7) is 2.08. The van der Waals surface area contributed by atoms with Gasteiger partial charge in [0.05, 0.1) is 0 Å². The molecule has 0 aliphatic rings. The summed E-state index contributed by atoms with van der Waals surface area (Å²) < 4.78 is 11.0. The molecule has 3 nitrogen and oxygen atoms in total. The van der Waals surface area contributed by atoms with E-state index < -0.39 is 0 Å². The van der Waals surface area contributed by atoms with E-state index in [0.717, 1.165) is 24.8 Å². The maximum atomic E-state index is 6.11. The molecule has 0 saturated carbocycles. The molecule has 0 heterocycles. The molecule has 0 spiro atoms. The molecule has 3 heteroatoms. The van der Waals surface area contributed by atoms with Crippen molar-refractivity contribution in [2.24, 2.45) is 5.73 Å². The Hall–Kier alpha value is -2.56. The van der Waals surface area contributed by atoms with E-state index >= 15 is 0 Å². The van der Waals surface area contributed by atoms with Crippen molar-refractivity contribution in [3.8, 4) is 23.7 Å². The van der Waals surface area contributed by atoms with Crippen LogP contribution in [-0.2, 0) is 15.9 Å². The second-order valence-corrected chi connectivity index (χ2v) is 6.10. The number of ether oxygens (including phenoxy) is 2. The molecular weight excluding hydrogens is 334 g/mol. The van der Waals surface area contributed by atoms with Gasteiger partial charge in [0, 0.05) is 19.3 Å². The highest BCUT2D eigenvalue weighted by Gasteiger charge is 2.03. The van der Waals surface area contributed by atoms with Gasteiger partial charge in [-0.25, -0.2) is 0 Å². The van der Waals surface area contributed by atoms with E-state index in [0.29, 0.717) is 26.4 Å². The van der Waals surface area contributed by atoms with Crippen molar-refractivity contribution in [3.63, 3.8) is 0 Å². The fourth-order valence-electron chi connectivity index (χ4n) is 2.51. The molecule has 0 saturated heterocycles. The number of rotatable bonds is 10. The zero-order chi connectivity index (χ0) is 19.0. The first-order valence-corrected chi connectivity index (χ1v) is 9.32. The summed E-state index contributed by atoms with van der Waals surface area (Å²) in [5.41, 5.74) is 8.57. The maximum absolute atomic E-state index is 6.11. The van der Waals surface area contributed by atoms with Crippen LogP contribution in [0.15, 0.2) is 60.7 Å². The third-order valence-corrected chi connectivity index (χ3v) is 3.99. The van der Waals surface area contributed by atoms with E-state index in [1.54, 1.807) is 0 Å². The molecule has 2 N–H and O–H groups in total.